The van der Waals surface area contributed by atoms with Crippen molar-refractivity contribution in [2.45, 2.75) is 0 Å². The Balaban J connectivity index is 2.03. The molecule has 1 aliphatic heterocycles. The maximum atomic E-state index is 11.6. The van der Waals surface area contributed by atoms with Crippen LogP contribution in [0.5, 0.6) is 5.75 Å². The van der Waals surface area contributed by atoms with Gasteiger partial charge in [-0.1, -0.05) is 0 Å². The van der Waals surface area contributed by atoms with Crippen LogP contribution in [-0.2, 0) is 4.79 Å². The van der Waals surface area contributed by atoms with E-state index in [4.69, 9.17) is 4.74 Å². The zero-order valence-electron chi connectivity index (χ0n) is 10.7. The molecule has 1 amide bonds. The van der Waals surface area contributed by atoms with Gasteiger partial charge in [-0.25, -0.2) is 4.98 Å². The fraction of sp³-hybridized carbons (Fsp3) is 0.231. The molecular weight excluding hydrogens is 244 g/mol. The molecule has 6 heteroatoms. The number of imidazole rings is 1. The van der Waals surface area contributed by atoms with Gasteiger partial charge < -0.3 is 19.9 Å². The molecule has 2 heterocycles. The molecule has 0 atom stereocenters. The summed E-state index contributed by atoms with van der Waals surface area (Å²) in [6.45, 7) is 0.0941. The van der Waals surface area contributed by atoms with Gasteiger partial charge in [-0.15, -0.1) is 0 Å². The second kappa shape index (κ2) is 4.31. The van der Waals surface area contributed by atoms with Gasteiger partial charge in [-0.2, -0.15) is 0 Å². The van der Waals surface area contributed by atoms with E-state index in [9.17, 15) is 4.79 Å². The Morgan fingerprint density at radius 3 is 3.05 bits per heavy atom. The van der Waals surface area contributed by atoms with Crippen LogP contribution in [-0.4, -0.2) is 36.6 Å². The fourth-order valence-corrected chi connectivity index (χ4v) is 2.03. The molecule has 1 aromatic carbocycles. The van der Waals surface area contributed by atoms with Crippen LogP contribution in [0.25, 0.3) is 11.3 Å². The number of benzene rings is 1. The topological polar surface area (TPSA) is 70.2 Å². The molecule has 2 aromatic rings. The van der Waals surface area contributed by atoms with E-state index in [1.165, 1.54) is 0 Å². The fourth-order valence-electron chi connectivity index (χ4n) is 2.03. The minimum atomic E-state index is -0.0508. The number of nitrogens with one attached hydrogen (secondary N) is 2. The predicted octanol–water partition coefficient (Wildman–Crippen LogP) is 1.47. The second-order valence-corrected chi connectivity index (χ2v) is 4.32. The number of anilines is 2. The first-order valence-corrected chi connectivity index (χ1v) is 5.95. The quantitative estimate of drug-likeness (QED) is 0.856. The Bertz CT molecular complexity index is 635. The van der Waals surface area contributed by atoms with Crippen LogP contribution in [0.3, 0.4) is 0 Å². The number of aromatic nitrogens is 2. The number of amides is 1. The van der Waals surface area contributed by atoms with E-state index in [0.717, 1.165) is 22.7 Å². The van der Waals surface area contributed by atoms with Crippen molar-refractivity contribution in [2.75, 3.05) is 30.9 Å². The van der Waals surface area contributed by atoms with Crippen LogP contribution in [0.2, 0.25) is 0 Å². The van der Waals surface area contributed by atoms with Crippen LogP contribution < -0.4 is 15.0 Å². The number of rotatable bonds is 2. The van der Waals surface area contributed by atoms with Crippen LogP contribution in [0.15, 0.2) is 24.4 Å². The second-order valence-electron chi connectivity index (χ2n) is 4.32. The highest BCUT2D eigenvalue weighted by atomic mass is 16.5. The van der Waals surface area contributed by atoms with Crippen molar-refractivity contribution < 1.29 is 9.53 Å². The van der Waals surface area contributed by atoms with Gasteiger partial charge in [-0.3, -0.25) is 4.79 Å². The zero-order chi connectivity index (χ0) is 13.4. The molecule has 0 aliphatic carbocycles. The highest BCUT2D eigenvalue weighted by Gasteiger charge is 2.22. The van der Waals surface area contributed by atoms with Crippen molar-refractivity contribution in [3.63, 3.8) is 0 Å². The van der Waals surface area contributed by atoms with Crippen molar-refractivity contribution in [1.29, 1.82) is 0 Å². The minimum Gasteiger partial charge on any atom is -0.482 e. The average molecular weight is 258 g/mol. The number of H-pyrrole nitrogens is 1. The van der Waals surface area contributed by atoms with Crippen LogP contribution in [0.4, 0.5) is 11.6 Å². The first-order valence-electron chi connectivity index (χ1n) is 5.95. The largest absolute Gasteiger partial charge is 0.482 e. The maximum Gasteiger partial charge on any atom is 0.264 e. The molecule has 0 bridgehead atoms. The third kappa shape index (κ3) is 1.91. The van der Waals surface area contributed by atoms with E-state index in [-0.39, 0.29) is 12.5 Å². The van der Waals surface area contributed by atoms with Gasteiger partial charge in [0.1, 0.15) is 5.75 Å². The Morgan fingerprint density at radius 1 is 1.47 bits per heavy atom. The summed E-state index contributed by atoms with van der Waals surface area (Å²) in [5.74, 6) is 1.37. The van der Waals surface area contributed by atoms with Crippen molar-refractivity contribution in [2.24, 2.45) is 0 Å². The summed E-state index contributed by atoms with van der Waals surface area (Å²) in [5, 5.41) is 2.94. The monoisotopic (exact) mass is 258 g/mol. The molecule has 0 unspecified atom stereocenters. The zero-order valence-corrected chi connectivity index (χ0v) is 10.7. The first-order chi connectivity index (χ1) is 9.19. The van der Waals surface area contributed by atoms with E-state index in [0.29, 0.717) is 5.95 Å². The molecule has 0 radical (unpaired) electrons. The normalized spacial score (nSPS) is 14.0. The average Bonchev–Trinajstić information content (AvgIpc) is 2.92. The van der Waals surface area contributed by atoms with Gasteiger partial charge >= 0.3 is 0 Å². The lowest BCUT2D eigenvalue weighted by Crippen LogP contribution is -2.35. The third-order valence-electron chi connectivity index (χ3n) is 3.17. The standard InChI is InChI=1S/C13H14N4O2/c1-14-13-15-6-9(16-13)8-3-4-11-10(5-8)17(2)12(18)7-19-11/h3-6H,7H2,1-2H3,(H2,14,15,16). The predicted molar refractivity (Wildman–Crippen MR) is 72.5 cm³/mol. The minimum absolute atomic E-state index is 0.0508. The van der Waals surface area contributed by atoms with E-state index >= 15 is 0 Å². The lowest BCUT2D eigenvalue weighted by Gasteiger charge is -2.26. The van der Waals surface area contributed by atoms with Gasteiger partial charge in [0.2, 0.25) is 0 Å². The molecule has 19 heavy (non-hydrogen) atoms. The van der Waals surface area contributed by atoms with E-state index in [1.807, 2.05) is 18.2 Å². The molecule has 0 fully saturated rings. The number of aromatic amines is 1. The summed E-state index contributed by atoms with van der Waals surface area (Å²) in [7, 11) is 3.55. The number of hydrogen-bond acceptors (Lipinski definition) is 4. The summed E-state index contributed by atoms with van der Waals surface area (Å²) in [6, 6.07) is 5.72. The molecule has 1 aliphatic rings. The van der Waals surface area contributed by atoms with Gasteiger partial charge in [-0.05, 0) is 18.2 Å². The van der Waals surface area contributed by atoms with Gasteiger partial charge in [0, 0.05) is 19.7 Å². The number of likely N-dealkylation sites (N-methyl/N-ethyl adjacent to an activating group) is 1. The SMILES string of the molecule is CNc1ncc(-c2ccc3c(c2)N(C)C(=O)CO3)[nH]1. The van der Waals surface area contributed by atoms with Crippen molar-refractivity contribution in [1.82, 2.24) is 9.97 Å². The smallest absolute Gasteiger partial charge is 0.264 e. The molecule has 0 saturated heterocycles. The van der Waals surface area contributed by atoms with Gasteiger partial charge in [0.05, 0.1) is 17.6 Å². The lowest BCUT2D eigenvalue weighted by molar-refractivity contribution is -0.120. The highest BCUT2D eigenvalue weighted by Crippen LogP contribution is 2.34. The highest BCUT2D eigenvalue weighted by molar-refractivity contribution is 5.98. The van der Waals surface area contributed by atoms with E-state index < -0.39 is 0 Å². The molecule has 6 nitrogen and oxygen atoms in total. The Hall–Kier alpha value is -2.50. The Kier molecular flexibility index (Phi) is 2.63. The number of carbonyl (C=O) groups excluding carboxylic acids is 1. The first kappa shape index (κ1) is 11.6. The summed E-state index contributed by atoms with van der Waals surface area (Å²) < 4.78 is 5.39. The van der Waals surface area contributed by atoms with Crippen LogP contribution >= 0.6 is 0 Å². The van der Waals surface area contributed by atoms with Crippen LogP contribution in [0.1, 0.15) is 0 Å². The number of ether oxygens (including phenoxy) is 1. The summed E-state index contributed by atoms with van der Waals surface area (Å²) in [4.78, 5) is 20.6. The molecule has 2 N–H and O–H groups in total. The maximum absolute atomic E-state index is 11.6. The lowest BCUT2D eigenvalue weighted by atomic mass is 10.1. The molecule has 3 rings (SSSR count). The number of nitrogens with zero attached hydrogens (tertiary/aromatic N) is 2. The number of hydrogen-bond donors (Lipinski definition) is 2. The molecular formula is C13H14N4O2. The number of fused-ring (bicyclic) bond motifs is 1. The Labute approximate surface area is 110 Å². The molecule has 0 spiro atoms. The Morgan fingerprint density at radius 2 is 2.32 bits per heavy atom. The van der Waals surface area contributed by atoms with Crippen molar-refractivity contribution in [3.05, 3.63) is 24.4 Å². The third-order valence-corrected chi connectivity index (χ3v) is 3.17. The van der Waals surface area contributed by atoms with E-state index in [1.54, 1.807) is 25.2 Å². The van der Waals surface area contributed by atoms with Gasteiger partial charge in [0.15, 0.2) is 12.6 Å². The van der Waals surface area contributed by atoms with Crippen molar-refractivity contribution in [3.8, 4) is 17.0 Å². The molecule has 98 valence electrons. The van der Waals surface area contributed by atoms with Crippen LogP contribution in [0, 0.1) is 0 Å². The molecule has 1 aromatic heterocycles. The summed E-state index contributed by atoms with van der Waals surface area (Å²) in [6.07, 6.45) is 1.75. The van der Waals surface area contributed by atoms with E-state index in [2.05, 4.69) is 15.3 Å². The summed E-state index contributed by atoms with van der Waals surface area (Å²) in [5.41, 5.74) is 2.62. The van der Waals surface area contributed by atoms with Crippen molar-refractivity contribution >= 4 is 17.5 Å². The summed E-state index contributed by atoms with van der Waals surface area (Å²) >= 11 is 0. The molecule has 0 saturated carbocycles. The number of carbonyl (C=O) groups is 1. The van der Waals surface area contributed by atoms with Gasteiger partial charge in [0.25, 0.3) is 5.91 Å².